The van der Waals surface area contributed by atoms with E-state index in [0.717, 1.165) is 5.69 Å². The smallest absolute Gasteiger partial charge is 0.244 e. The molecule has 1 amide bonds. The van der Waals surface area contributed by atoms with Crippen LogP contribution in [-0.4, -0.2) is 45.7 Å². The van der Waals surface area contributed by atoms with Crippen molar-refractivity contribution >= 4 is 12.0 Å². The van der Waals surface area contributed by atoms with E-state index in [1.807, 2.05) is 13.0 Å². The molecule has 0 aromatic carbocycles. The number of aryl methyl sites for hydroxylation is 1. The monoisotopic (exact) mass is 265 g/mol. The fraction of sp³-hybridized carbons (Fsp3) is 0.538. The van der Waals surface area contributed by atoms with Crippen LogP contribution >= 0.6 is 0 Å². The number of aliphatic hydroxyl groups is 1. The minimum absolute atomic E-state index is 0.197. The Hall–Kier alpha value is -1.66. The Balaban J connectivity index is 1.85. The average molecular weight is 265 g/mol. The molecule has 2 rings (SSSR count). The van der Waals surface area contributed by atoms with E-state index >= 15 is 0 Å². The molecule has 2 atom stereocenters. The number of hydrogen-bond donors (Lipinski definition) is 2. The summed E-state index contributed by atoms with van der Waals surface area (Å²) in [6, 6.07) is 1.81. The maximum absolute atomic E-state index is 11.7. The van der Waals surface area contributed by atoms with Crippen LogP contribution in [0.15, 0.2) is 18.3 Å². The highest BCUT2D eigenvalue weighted by Crippen LogP contribution is 2.24. The topological polar surface area (TPSA) is 76.4 Å². The number of aromatic nitrogens is 2. The fourth-order valence-electron chi connectivity index (χ4n) is 2.01. The maximum Gasteiger partial charge on any atom is 0.244 e. The zero-order valence-corrected chi connectivity index (χ0v) is 11.2. The van der Waals surface area contributed by atoms with Crippen LogP contribution in [0.2, 0.25) is 0 Å². The molecule has 2 N–H and O–H groups in total. The maximum atomic E-state index is 11.7. The molecule has 1 saturated heterocycles. The fourth-order valence-corrected chi connectivity index (χ4v) is 2.01. The Bertz CT molecular complexity index is 483. The van der Waals surface area contributed by atoms with E-state index in [4.69, 9.17) is 4.74 Å². The van der Waals surface area contributed by atoms with Crippen LogP contribution in [0.5, 0.6) is 0 Å². The lowest BCUT2D eigenvalue weighted by Gasteiger charge is -2.25. The molecule has 0 aliphatic carbocycles. The summed E-state index contributed by atoms with van der Waals surface area (Å²) in [5.74, 6) is -0.242. The Labute approximate surface area is 112 Å². The number of ether oxygens (including phenoxy) is 1. The van der Waals surface area contributed by atoms with Crippen molar-refractivity contribution in [2.75, 3.05) is 13.2 Å². The first-order valence-corrected chi connectivity index (χ1v) is 6.29. The van der Waals surface area contributed by atoms with Crippen molar-refractivity contribution in [3.05, 3.63) is 24.0 Å². The van der Waals surface area contributed by atoms with E-state index in [1.165, 1.54) is 6.08 Å². The lowest BCUT2D eigenvalue weighted by atomic mass is 9.97. The molecule has 104 valence electrons. The van der Waals surface area contributed by atoms with E-state index < -0.39 is 5.60 Å². The van der Waals surface area contributed by atoms with Crippen molar-refractivity contribution < 1.29 is 14.6 Å². The summed E-state index contributed by atoms with van der Waals surface area (Å²) < 4.78 is 6.98. The molecule has 1 aliphatic heterocycles. The van der Waals surface area contributed by atoms with Crippen LogP contribution in [0.25, 0.3) is 6.08 Å². The largest absolute Gasteiger partial charge is 0.385 e. The van der Waals surface area contributed by atoms with Crippen molar-refractivity contribution in [1.29, 1.82) is 0 Å². The van der Waals surface area contributed by atoms with E-state index in [2.05, 4.69) is 10.4 Å². The molecule has 1 aromatic heterocycles. The average Bonchev–Trinajstić information content (AvgIpc) is 2.92. The van der Waals surface area contributed by atoms with Crippen LogP contribution in [0.3, 0.4) is 0 Å². The molecule has 2 unspecified atom stereocenters. The van der Waals surface area contributed by atoms with Crippen LogP contribution in [0.4, 0.5) is 0 Å². The minimum Gasteiger partial charge on any atom is -0.385 e. The molecule has 0 spiro atoms. The Morgan fingerprint density at radius 3 is 3.16 bits per heavy atom. The molecule has 2 heterocycles. The highest BCUT2D eigenvalue weighted by Gasteiger charge is 2.39. The second kappa shape index (κ2) is 5.54. The van der Waals surface area contributed by atoms with E-state index in [-0.39, 0.29) is 18.6 Å². The Morgan fingerprint density at radius 2 is 2.58 bits per heavy atom. The van der Waals surface area contributed by atoms with Gasteiger partial charge in [0.1, 0.15) is 5.60 Å². The minimum atomic E-state index is -0.962. The van der Waals surface area contributed by atoms with Gasteiger partial charge in [-0.1, -0.05) is 0 Å². The zero-order valence-electron chi connectivity index (χ0n) is 11.2. The van der Waals surface area contributed by atoms with Gasteiger partial charge in [-0.2, -0.15) is 5.10 Å². The van der Waals surface area contributed by atoms with Crippen molar-refractivity contribution in [1.82, 2.24) is 15.1 Å². The van der Waals surface area contributed by atoms with Crippen LogP contribution < -0.4 is 5.32 Å². The van der Waals surface area contributed by atoms with Gasteiger partial charge in [0.05, 0.1) is 11.8 Å². The third-order valence-electron chi connectivity index (χ3n) is 3.49. The SMILES string of the molecule is CC1OCCC1(O)CNC(=O)/C=C/c1ccnn1C. The normalized spacial score (nSPS) is 27.0. The first-order chi connectivity index (χ1) is 9.01. The number of amides is 1. The molecule has 0 bridgehead atoms. The van der Waals surface area contributed by atoms with Gasteiger partial charge in [0.15, 0.2) is 0 Å². The standard InChI is InChI=1S/C13H19N3O3/c1-10-13(18,6-8-19-10)9-14-12(17)4-3-11-5-7-15-16(11)2/h3-5,7,10,18H,6,8-9H2,1-2H3,(H,14,17)/b4-3+. The summed E-state index contributed by atoms with van der Waals surface area (Å²) in [7, 11) is 1.80. The molecule has 1 fully saturated rings. The lowest BCUT2D eigenvalue weighted by Crippen LogP contribution is -2.47. The van der Waals surface area contributed by atoms with Gasteiger partial charge in [-0.3, -0.25) is 9.48 Å². The molecule has 19 heavy (non-hydrogen) atoms. The molecule has 6 heteroatoms. The molecular formula is C13H19N3O3. The molecule has 1 aliphatic rings. The summed E-state index contributed by atoms with van der Waals surface area (Å²) in [6.07, 6.45) is 5.06. The number of nitrogens with zero attached hydrogens (tertiary/aromatic N) is 2. The van der Waals surface area contributed by atoms with Gasteiger partial charge < -0.3 is 15.2 Å². The van der Waals surface area contributed by atoms with Crippen LogP contribution in [0, 0.1) is 0 Å². The first-order valence-electron chi connectivity index (χ1n) is 6.29. The predicted octanol–water partition coefficient (Wildman–Crippen LogP) is 0.0894. The van der Waals surface area contributed by atoms with Gasteiger partial charge in [0.25, 0.3) is 0 Å². The van der Waals surface area contributed by atoms with Crippen molar-refractivity contribution in [2.24, 2.45) is 7.05 Å². The highest BCUT2D eigenvalue weighted by molar-refractivity contribution is 5.91. The molecular weight excluding hydrogens is 246 g/mol. The Morgan fingerprint density at radius 1 is 1.79 bits per heavy atom. The van der Waals surface area contributed by atoms with Gasteiger partial charge in [0, 0.05) is 38.9 Å². The van der Waals surface area contributed by atoms with Gasteiger partial charge in [0.2, 0.25) is 5.91 Å². The first kappa shape index (κ1) is 13.8. The van der Waals surface area contributed by atoms with Crippen molar-refractivity contribution in [2.45, 2.75) is 25.0 Å². The number of rotatable bonds is 4. The summed E-state index contributed by atoms with van der Waals surface area (Å²) in [5.41, 5.74) is -0.123. The summed E-state index contributed by atoms with van der Waals surface area (Å²) >= 11 is 0. The number of nitrogens with one attached hydrogen (secondary N) is 1. The van der Waals surface area contributed by atoms with E-state index in [1.54, 1.807) is 24.0 Å². The summed E-state index contributed by atoms with van der Waals surface area (Å²) in [5, 5.41) is 16.9. The third kappa shape index (κ3) is 3.21. The highest BCUT2D eigenvalue weighted by atomic mass is 16.5. The number of hydrogen-bond acceptors (Lipinski definition) is 4. The quantitative estimate of drug-likeness (QED) is 0.756. The van der Waals surface area contributed by atoms with Crippen LogP contribution in [0.1, 0.15) is 19.0 Å². The van der Waals surface area contributed by atoms with Gasteiger partial charge in [-0.05, 0) is 19.1 Å². The van der Waals surface area contributed by atoms with Gasteiger partial charge in [-0.25, -0.2) is 0 Å². The van der Waals surface area contributed by atoms with E-state index in [9.17, 15) is 9.90 Å². The number of carbonyl (C=O) groups excluding carboxylic acids is 1. The predicted molar refractivity (Wildman–Crippen MR) is 70.2 cm³/mol. The van der Waals surface area contributed by atoms with E-state index in [0.29, 0.717) is 13.0 Å². The van der Waals surface area contributed by atoms with Crippen molar-refractivity contribution in [3.63, 3.8) is 0 Å². The summed E-state index contributed by atoms with van der Waals surface area (Å²) in [4.78, 5) is 11.7. The second-order valence-corrected chi connectivity index (χ2v) is 4.80. The summed E-state index contributed by atoms with van der Waals surface area (Å²) in [6.45, 7) is 2.53. The third-order valence-corrected chi connectivity index (χ3v) is 3.49. The van der Waals surface area contributed by atoms with Gasteiger partial charge >= 0.3 is 0 Å². The second-order valence-electron chi connectivity index (χ2n) is 4.80. The molecule has 6 nitrogen and oxygen atoms in total. The number of carbonyl (C=O) groups is 1. The van der Waals surface area contributed by atoms with Crippen LogP contribution in [-0.2, 0) is 16.6 Å². The van der Waals surface area contributed by atoms with Gasteiger partial charge in [-0.15, -0.1) is 0 Å². The Kier molecular flexibility index (Phi) is 4.01. The lowest BCUT2D eigenvalue weighted by molar-refractivity contribution is -0.118. The zero-order chi connectivity index (χ0) is 13.9. The van der Waals surface area contributed by atoms with Crippen molar-refractivity contribution in [3.8, 4) is 0 Å². The molecule has 0 radical (unpaired) electrons. The molecule has 1 aromatic rings. The molecule has 0 saturated carbocycles.